The number of carbonyl (C=O) groups excluding carboxylic acids is 1. The van der Waals surface area contributed by atoms with Gasteiger partial charge in [-0.1, -0.05) is 55.8 Å². The molecule has 33 heavy (non-hydrogen) atoms. The third kappa shape index (κ3) is 5.71. The van der Waals surface area contributed by atoms with E-state index in [2.05, 4.69) is 15.5 Å². The van der Waals surface area contributed by atoms with Crippen molar-refractivity contribution >= 4 is 12.0 Å². The highest BCUT2D eigenvalue weighted by Gasteiger charge is 2.26. The molecule has 0 saturated heterocycles. The summed E-state index contributed by atoms with van der Waals surface area (Å²) in [4.78, 5) is 17.2. The highest BCUT2D eigenvalue weighted by Crippen LogP contribution is 2.40. The van der Waals surface area contributed by atoms with Crippen LogP contribution in [0.3, 0.4) is 0 Å². The normalized spacial score (nSPS) is 12.9. The van der Waals surface area contributed by atoms with Gasteiger partial charge in [0.25, 0.3) is 0 Å². The molecular weight excluding hydrogens is 422 g/mol. The van der Waals surface area contributed by atoms with Gasteiger partial charge in [0.05, 0.1) is 21.3 Å². The van der Waals surface area contributed by atoms with E-state index in [1.54, 1.807) is 32.4 Å². The number of nitrogens with zero attached hydrogens (tertiary/aromatic N) is 2. The molecule has 1 N–H and O–H groups in total. The Bertz CT molecular complexity index is 1070. The third-order valence-electron chi connectivity index (χ3n) is 5.37. The fourth-order valence-corrected chi connectivity index (χ4v) is 3.31. The van der Waals surface area contributed by atoms with E-state index in [0.29, 0.717) is 34.5 Å². The van der Waals surface area contributed by atoms with E-state index in [0.717, 1.165) is 12.0 Å². The van der Waals surface area contributed by atoms with Crippen LogP contribution in [0, 0.1) is 5.92 Å². The summed E-state index contributed by atoms with van der Waals surface area (Å²) in [7, 11) is 4.62. The zero-order chi connectivity index (χ0) is 23.8. The molecule has 0 aliphatic rings. The van der Waals surface area contributed by atoms with Crippen LogP contribution in [-0.2, 0) is 4.79 Å². The number of benzene rings is 2. The van der Waals surface area contributed by atoms with Crippen LogP contribution in [0.5, 0.6) is 17.2 Å². The summed E-state index contributed by atoms with van der Waals surface area (Å²) in [6.07, 6.45) is 4.08. The lowest BCUT2D eigenvalue weighted by atomic mass is 9.99. The van der Waals surface area contributed by atoms with Gasteiger partial charge in [-0.3, -0.25) is 4.79 Å². The van der Waals surface area contributed by atoms with Gasteiger partial charge in [-0.2, -0.15) is 4.98 Å². The van der Waals surface area contributed by atoms with Gasteiger partial charge in [0.1, 0.15) is 6.04 Å². The summed E-state index contributed by atoms with van der Waals surface area (Å²) >= 11 is 0. The number of hydrogen-bond donors (Lipinski definition) is 1. The Kier molecular flexibility index (Phi) is 8.07. The molecule has 1 amide bonds. The Labute approximate surface area is 193 Å². The molecule has 0 bridgehead atoms. The van der Waals surface area contributed by atoms with Crippen LogP contribution >= 0.6 is 0 Å². The van der Waals surface area contributed by atoms with Crippen LogP contribution in [0.15, 0.2) is 53.1 Å². The van der Waals surface area contributed by atoms with Crippen LogP contribution in [0.2, 0.25) is 0 Å². The second kappa shape index (κ2) is 11.2. The summed E-state index contributed by atoms with van der Waals surface area (Å²) in [5, 5.41) is 7.11. The van der Waals surface area contributed by atoms with Crippen molar-refractivity contribution in [3.8, 4) is 28.6 Å². The summed E-state index contributed by atoms with van der Waals surface area (Å²) in [5.74, 6) is 1.96. The molecule has 3 rings (SSSR count). The van der Waals surface area contributed by atoms with Gasteiger partial charge in [-0.05, 0) is 29.7 Å². The Morgan fingerprint density at radius 2 is 1.76 bits per heavy atom. The minimum Gasteiger partial charge on any atom is -0.493 e. The molecule has 0 saturated carbocycles. The predicted octanol–water partition coefficient (Wildman–Crippen LogP) is 4.68. The third-order valence-corrected chi connectivity index (χ3v) is 5.37. The SMILES string of the molecule is CCC(C)C(NC(=O)C=Cc1ccccc1)c1nc(-c2cc(OC)c(OC)c(OC)c2)no1. The molecule has 8 nitrogen and oxygen atoms in total. The highest BCUT2D eigenvalue weighted by molar-refractivity contribution is 5.91. The Balaban J connectivity index is 1.86. The molecule has 0 radical (unpaired) electrons. The molecule has 0 aliphatic carbocycles. The topological polar surface area (TPSA) is 95.7 Å². The molecule has 2 atom stereocenters. The maximum Gasteiger partial charge on any atom is 0.249 e. The molecule has 174 valence electrons. The first kappa shape index (κ1) is 23.8. The van der Waals surface area contributed by atoms with Crippen molar-refractivity contribution in [3.05, 3.63) is 60.0 Å². The van der Waals surface area contributed by atoms with Gasteiger partial charge in [0.15, 0.2) is 11.5 Å². The van der Waals surface area contributed by atoms with Crippen LogP contribution in [0.4, 0.5) is 0 Å². The lowest BCUT2D eigenvalue weighted by molar-refractivity contribution is -0.117. The minimum atomic E-state index is -0.439. The maximum atomic E-state index is 12.6. The molecule has 3 aromatic rings. The fourth-order valence-electron chi connectivity index (χ4n) is 3.31. The fraction of sp³-hybridized carbons (Fsp3) is 0.320. The first-order valence-electron chi connectivity index (χ1n) is 10.7. The molecule has 0 aliphatic heterocycles. The first-order chi connectivity index (χ1) is 16.0. The number of amides is 1. The molecule has 2 unspecified atom stereocenters. The van der Waals surface area contributed by atoms with Crippen molar-refractivity contribution in [2.75, 3.05) is 21.3 Å². The van der Waals surface area contributed by atoms with Crippen molar-refractivity contribution in [2.24, 2.45) is 5.92 Å². The van der Waals surface area contributed by atoms with E-state index in [1.165, 1.54) is 13.2 Å². The van der Waals surface area contributed by atoms with Crippen molar-refractivity contribution in [1.29, 1.82) is 0 Å². The van der Waals surface area contributed by atoms with E-state index in [9.17, 15) is 4.79 Å². The number of carbonyl (C=O) groups is 1. The number of nitrogens with one attached hydrogen (secondary N) is 1. The summed E-state index contributed by atoms with van der Waals surface area (Å²) in [6, 6.07) is 12.7. The number of hydrogen-bond acceptors (Lipinski definition) is 7. The Morgan fingerprint density at radius 1 is 1.09 bits per heavy atom. The van der Waals surface area contributed by atoms with Crippen LogP contribution in [0.25, 0.3) is 17.5 Å². The molecule has 2 aromatic carbocycles. The van der Waals surface area contributed by atoms with E-state index >= 15 is 0 Å². The smallest absolute Gasteiger partial charge is 0.249 e. The van der Waals surface area contributed by atoms with Gasteiger partial charge in [0, 0.05) is 11.6 Å². The average Bonchev–Trinajstić information content (AvgIpc) is 3.35. The standard InChI is InChI=1S/C25H29N3O5/c1-6-16(2)22(26-21(29)13-12-17-10-8-7-9-11-17)25-27-24(28-33-25)18-14-19(30-3)23(32-5)20(15-18)31-4/h7-16,22H,6H2,1-5H3,(H,26,29). The first-order valence-corrected chi connectivity index (χ1v) is 10.7. The molecule has 8 heteroatoms. The van der Waals surface area contributed by atoms with Crippen molar-refractivity contribution in [1.82, 2.24) is 15.5 Å². The number of ether oxygens (including phenoxy) is 3. The second-order valence-electron chi connectivity index (χ2n) is 7.49. The quantitative estimate of drug-likeness (QED) is 0.447. The van der Waals surface area contributed by atoms with E-state index in [-0.39, 0.29) is 11.8 Å². The zero-order valence-electron chi connectivity index (χ0n) is 19.5. The zero-order valence-corrected chi connectivity index (χ0v) is 19.5. The molecule has 1 heterocycles. The van der Waals surface area contributed by atoms with Gasteiger partial charge in [0.2, 0.25) is 23.4 Å². The van der Waals surface area contributed by atoms with Gasteiger partial charge >= 0.3 is 0 Å². The van der Waals surface area contributed by atoms with Crippen LogP contribution in [-0.4, -0.2) is 37.4 Å². The van der Waals surface area contributed by atoms with Gasteiger partial charge in [-0.15, -0.1) is 0 Å². The van der Waals surface area contributed by atoms with E-state index < -0.39 is 6.04 Å². The van der Waals surface area contributed by atoms with Crippen molar-refractivity contribution < 1.29 is 23.5 Å². The lowest BCUT2D eigenvalue weighted by Gasteiger charge is -2.19. The lowest BCUT2D eigenvalue weighted by Crippen LogP contribution is -2.31. The number of methoxy groups -OCH3 is 3. The highest BCUT2D eigenvalue weighted by atomic mass is 16.5. The largest absolute Gasteiger partial charge is 0.493 e. The van der Waals surface area contributed by atoms with Gasteiger partial charge in [-0.25, -0.2) is 0 Å². The average molecular weight is 452 g/mol. The molecule has 1 aromatic heterocycles. The monoisotopic (exact) mass is 451 g/mol. The molecule has 0 spiro atoms. The summed E-state index contributed by atoms with van der Waals surface area (Å²) in [6.45, 7) is 4.06. The molecular formula is C25H29N3O5. The van der Waals surface area contributed by atoms with Crippen molar-refractivity contribution in [3.63, 3.8) is 0 Å². The summed E-state index contributed by atoms with van der Waals surface area (Å²) < 4.78 is 21.7. The second-order valence-corrected chi connectivity index (χ2v) is 7.49. The van der Waals surface area contributed by atoms with Gasteiger partial charge < -0.3 is 24.1 Å². The minimum absolute atomic E-state index is 0.0762. The van der Waals surface area contributed by atoms with Crippen molar-refractivity contribution in [2.45, 2.75) is 26.3 Å². The number of aromatic nitrogens is 2. The van der Waals surface area contributed by atoms with Crippen LogP contribution < -0.4 is 19.5 Å². The predicted molar refractivity (Wildman–Crippen MR) is 125 cm³/mol. The Hall–Kier alpha value is -3.81. The molecule has 0 fully saturated rings. The summed E-state index contributed by atoms with van der Waals surface area (Å²) in [5.41, 5.74) is 1.58. The maximum absolute atomic E-state index is 12.6. The van der Waals surface area contributed by atoms with E-state index in [1.807, 2.05) is 44.2 Å². The van der Waals surface area contributed by atoms with Crippen LogP contribution in [0.1, 0.15) is 37.8 Å². The Morgan fingerprint density at radius 3 is 2.33 bits per heavy atom. The van der Waals surface area contributed by atoms with E-state index in [4.69, 9.17) is 18.7 Å². The number of rotatable bonds is 10.